The van der Waals surface area contributed by atoms with E-state index in [2.05, 4.69) is 51.6 Å². The molecule has 20 heavy (non-hydrogen) atoms. The molecule has 0 aliphatic carbocycles. The van der Waals surface area contributed by atoms with Crippen molar-refractivity contribution in [2.24, 2.45) is 0 Å². The predicted octanol–water partition coefficient (Wildman–Crippen LogP) is 3.09. The second-order valence-corrected chi connectivity index (χ2v) is 5.53. The predicted molar refractivity (Wildman–Crippen MR) is 84.9 cm³/mol. The Kier molecular flexibility index (Phi) is 5.55. The Balaban J connectivity index is 2.00. The molecule has 2 heterocycles. The van der Waals surface area contributed by atoms with E-state index in [1.54, 1.807) is 11.3 Å². The van der Waals surface area contributed by atoms with Crippen molar-refractivity contribution < 1.29 is 0 Å². The molecular weight excluding hydrogens is 294 g/mol. The van der Waals surface area contributed by atoms with Gasteiger partial charge in [-0.2, -0.15) is 15.0 Å². The molecular formula is C13H18ClN5S. The van der Waals surface area contributed by atoms with Gasteiger partial charge >= 0.3 is 0 Å². The van der Waals surface area contributed by atoms with E-state index in [1.807, 2.05) is 4.90 Å². The molecule has 0 aliphatic rings. The number of aromatic nitrogens is 3. The lowest BCUT2D eigenvalue weighted by Crippen LogP contribution is -2.25. The molecule has 2 rings (SSSR count). The fourth-order valence-corrected chi connectivity index (χ4v) is 2.68. The van der Waals surface area contributed by atoms with Crippen LogP contribution in [0.5, 0.6) is 0 Å². The summed E-state index contributed by atoms with van der Waals surface area (Å²) in [6.45, 7) is 6.58. The van der Waals surface area contributed by atoms with Gasteiger partial charge in [0, 0.05) is 24.5 Å². The Morgan fingerprint density at radius 3 is 2.70 bits per heavy atom. The van der Waals surface area contributed by atoms with Crippen molar-refractivity contribution in [3.8, 4) is 0 Å². The standard InChI is InChI=1S/C13H18ClN5S/c1-3-19(4-2)13-17-11(14)16-12(18-13)15-8-7-10-6-5-9-20-10/h5-6,9H,3-4,7-8H2,1-2H3,(H,15,16,17,18). The molecule has 0 fully saturated rings. The summed E-state index contributed by atoms with van der Waals surface area (Å²) in [5, 5.41) is 5.50. The molecule has 1 N–H and O–H groups in total. The minimum absolute atomic E-state index is 0.223. The molecule has 7 heteroatoms. The van der Waals surface area contributed by atoms with Crippen molar-refractivity contribution in [3.63, 3.8) is 0 Å². The summed E-state index contributed by atoms with van der Waals surface area (Å²) >= 11 is 7.71. The molecule has 0 saturated carbocycles. The Morgan fingerprint density at radius 2 is 2.05 bits per heavy atom. The van der Waals surface area contributed by atoms with Gasteiger partial charge in [-0.05, 0) is 43.3 Å². The first-order valence-corrected chi connectivity index (χ1v) is 7.91. The number of nitrogens with zero attached hydrogens (tertiary/aromatic N) is 4. The molecule has 0 spiro atoms. The Labute approximate surface area is 128 Å². The second kappa shape index (κ2) is 7.40. The van der Waals surface area contributed by atoms with Crippen LogP contribution in [-0.4, -0.2) is 34.6 Å². The van der Waals surface area contributed by atoms with Crippen LogP contribution in [0.4, 0.5) is 11.9 Å². The third-order valence-corrected chi connectivity index (χ3v) is 3.98. The van der Waals surface area contributed by atoms with Gasteiger partial charge in [0.25, 0.3) is 0 Å². The van der Waals surface area contributed by atoms with Gasteiger partial charge in [0.1, 0.15) is 0 Å². The lowest BCUT2D eigenvalue weighted by atomic mass is 10.3. The molecule has 2 aromatic rings. The molecule has 0 radical (unpaired) electrons. The van der Waals surface area contributed by atoms with Gasteiger partial charge < -0.3 is 10.2 Å². The molecule has 0 saturated heterocycles. The Bertz CT molecular complexity index is 528. The summed E-state index contributed by atoms with van der Waals surface area (Å²) in [5.41, 5.74) is 0. The highest BCUT2D eigenvalue weighted by molar-refractivity contribution is 7.09. The number of hydrogen-bond acceptors (Lipinski definition) is 6. The van der Waals surface area contributed by atoms with E-state index in [0.29, 0.717) is 11.9 Å². The second-order valence-electron chi connectivity index (χ2n) is 4.16. The van der Waals surface area contributed by atoms with Crippen molar-refractivity contribution in [2.45, 2.75) is 20.3 Å². The fraction of sp³-hybridized carbons (Fsp3) is 0.462. The summed E-state index contributed by atoms with van der Waals surface area (Å²) in [6, 6.07) is 4.17. The first-order chi connectivity index (χ1) is 9.72. The summed E-state index contributed by atoms with van der Waals surface area (Å²) in [7, 11) is 0. The smallest absolute Gasteiger partial charge is 0.231 e. The van der Waals surface area contributed by atoms with Crippen LogP contribution in [0, 0.1) is 0 Å². The number of halogens is 1. The lowest BCUT2D eigenvalue weighted by molar-refractivity contribution is 0.810. The third kappa shape index (κ3) is 4.05. The number of nitrogens with one attached hydrogen (secondary N) is 1. The topological polar surface area (TPSA) is 53.9 Å². The summed E-state index contributed by atoms with van der Waals surface area (Å²) in [6.07, 6.45) is 0.946. The van der Waals surface area contributed by atoms with Gasteiger partial charge in [0.2, 0.25) is 17.2 Å². The zero-order chi connectivity index (χ0) is 14.4. The fourth-order valence-electron chi connectivity index (χ4n) is 1.82. The maximum Gasteiger partial charge on any atom is 0.231 e. The largest absolute Gasteiger partial charge is 0.354 e. The monoisotopic (exact) mass is 311 g/mol. The Hall–Kier alpha value is -1.40. The average Bonchev–Trinajstić information content (AvgIpc) is 2.93. The SMILES string of the molecule is CCN(CC)c1nc(Cl)nc(NCCc2cccs2)n1. The zero-order valence-corrected chi connectivity index (χ0v) is 13.2. The van der Waals surface area contributed by atoms with E-state index >= 15 is 0 Å². The summed E-state index contributed by atoms with van der Waals surface area (Å²) in [5.74, 6) is 1.15. The maximum absolute atomic E-state index is 5.96. The van der Waals surface area contributed by atoms with Crippen molar-refractivity contribution in [2.75, 3.05) is 29.9 Å². The van der Waals surface area contributed by atoms with Gasteiger partial charge in [-0.15, -0.1) is 11.3 Å². The van der Waals surface area contributed by atoms with Crippen LogP contribution in [0.2, 0.25) is 5.28 Å². The van der Waals surface area contributed by atoms with Crippen molar-refractivity contribution >= 4 is 34.8 Å². The van der Waals surface area contributed by atoms with E-state index in [1.165, 1.54) is 4.88 Å². The molecule has 0 amide bonds. The van der Waals surface area contributed by atoms with Crippen molar-refractivity contribution in [1.82, 2.24) is 15.0 Å². The number of hydrogen-bond donors (Lipinski definition) is 1. The molecule has 0 aliphatic heterocycles. The van der Waals surface area contributed by atoms with E-state index in [0.717, 1.165) is 26.1 Å². The summed E-state index contributed by atoms with van der Waals surface area (Å²) in [4.78, 5) is 16.1. The van der Waals surface area contributed by atoms with Crippen LogP contribution < -0.4 is 10.2 Å². The van der Waals surface area contributed by atoms with Gasteiger partial charge in [-0.25, -0.2) is 0 Å². The highest BCUT2D eigenvalue weighted by Gasteiger charge is 2.09. The first kappa shape index (κ1) is 15.0. The maximum atomic E-state index is 5.96. The quantitative estimate of drug-likeness (QED) is 0.851. The van der Waals surface area contributed by atoms with Gasteiger partial charge in [-0.1, -0.05) is 6.07 Å². The Morgan fingerprint density at radius 1 is 1.25 bits per heavy atom. The zero-order valence-electron chi connectivity index (χ0n) is 11.6. The average molecular weight is 312 g/mol. The minimum atomic E-state index is 0.223. The molecule has 0 atom stereocenters. The molecule has 108 valence electrons. The van der Waals surface area contributed by atoms with E-state index in [-0.39, 0.29) is 5.28 Å². The van der Waals surface area contributed by atoms with Crippen LogP contribution in [0.3, 0.4) is 0 Å². The molecule has 2 aromatic heterocycles. The molecule has 0 bridgehead atoms. The van der Waals surface area contributed by atoms with Crippen LogP contribution in [0.25, 0.3) is 0 Å². The molecule has 0 unspecified atom stereocenters. The van der Waals surface area contributed by atoms with Crippen LogP contribution in [0.15, 0.2) is 17.5 Å². The van der Waals surface area contributed by atoms with Crippen molar-refractivity contribution in [1.29, 1.82) is 0 Å². The van der Waals surface area contributed by atoms with E-state index in [9.17, 15) is 0 Å². The minimum Gasteiger partial charge on any atom is -0.354 e. The number of thiophene rings is 1. The third-order valence-electron chi connectivity index (χ3n) is 2.88. The number of rotatable bonds is 7. The highest BCUT2D eigenvalue weighted by atomic mass is 35.5. The van der Waals surface area contributed by atoms with E-state index in [4.69, 9.17) is 11.6 Å². The van der Waals surface area contributed by atoms with Crippen LogP contribution in [-0.2, 0) is 6.42 Å². The summed E-state index contributed by atoms with van der Waals surface area (Å²) < 4.78 is 0. The number of anilines is 2. The van der Waals surface area contributed by atoms with Crippen LogP contribution in [0.1, 0.15) is 18.7 Å². The first-order valence-electron chi connectivity index (χ1n) is 6.65. The van der Waals surface area contributed by atoms with Gasteiger partial charge in [-0.3, -0.25) is 0 Å². The van der Waals surface area contributed by atoms with Gasteiger partial charge in [0.15, 0.2) is 0 Å². The van der Waals surface area contributed by atoms with Crippen molar-refractivity contribution in [3.05, 3.63) is 27.7 Å². The normalized spacial score (nSPS) is 10.6. The van der Waals surface area contributed by atoms with Gasteiger partial charge in [0.05, 0.1) is 0 Å². The van der Waals surface area contributed by atoms with E-state index < -0.39 is 0 Å². The molecule has 5 nitrogen and oxygen atoms in total. The lowest BCUT2D eigenvalue weighted by Gasteiger charge is -2.18. The highest BCUT2D eigenvalue weighted by Crippen LogP contribution is 2.14. The van der Waals surface area contributed by atoms with Crippen LogP contribution >= 0.6 is 22.9 Å². The molecule has 0 aromatic carbocycles.